The summed E-state index contributed by atoms with van der Waals surface area (Å²) in [5, 5.41) is 0.919. The zero-order valence-electron chi connectivity index (χ0n) is 3.92. The molecule has 0 fully saturated rings. The summed E-state index contributed by atoms with van der Waals surface area (Å²) in [6.45, 7) is 0. The second-order valence-electron chi connectivity index (χ2n) is 1.31. The van der Waals surface area contributed by atoms with Crippen LogP contribution < -0.4 is 5.73 Å². The van der Waals surface area contributed by atoms with Crippen molar-refractivity contribution in [2.75, 3.05) is 5.75 Å². The first-order chi connectivity index (χ1) is 3.39. The van der Waals surface area contributed by atoms with Crippen LogP contribution in [0.2, 0.25) is 0 Å². The van der Waals surface area contributed by atoms with Gasteiger partial charge >= 0.3 is 0 Å². The molecule has 7 heavy (non-hydrogen) atoms. The summed E-state index contributed by atoms with van der Waals surface area (Å²) in [7, 11) is 0. The van der Waals surface area contributed by atoms with Crippen molar-refractivity contribution in [1.29, 1.82) is 0 Å². The average molecular weight is 113 g/mol. The summed E-state index contributed by atoms with van der Waals surface area (Å²) in [6.07, 6.45) is 5.97. The number of thioether (sulfide) groups is 1. The van der Waals surface area contributed by atoms with E-state index in [2.05, 4.69) is 6.08 Å². The second-order valence-corrected chi connectivity index (χ2v) is 2.40. The maximum atomic E-state index is 5.41. The lowest BCUT2D eigenvalue weighted by Crippen LogP contribution is -1.93. The molecule has 1 aliphatic heterocycles. The van der Waals surface area contributed by atoms with E-state index >= 15 is 0 Å². The lowest BCUT2D eigenvalue weighted by atomic mass is 10.5. The van der Waals surface area contributed by atoms with Crippen molar-refractivity contribution in [2.45, 2.75) is 0 Å². The van der Waals surface area contributed by atoms with E-state index in [-0.39, 0.29) is 0 Å². The van der Waals surface area contributed by atoms with Crippen LogP contribution in [-0.2, 0) is 0 Å². The first-order valence-electron chi connectivity index (χ1n) is 2.15. The molecule has 2 N–H and O–H groups in total. The lowest BCUT2D eigenvalue weighted by molar-refractivity contribution is 1.51. The van der Waals surface area contributed by atoms with Crippen molar-refractivity contribution >= 4 is 11.8 Å². The Kier molecular flexibility index (Phi) is 1.42. The Morgan fingerprint density at radius 2 is 2.57 bits per heavy atom. The highest BCUT2D eigenvalue weighted by atomic mass is 32.2. The number of rotatable bonds is 0. The Morgan fingerprint density at radius 1 is 1.71 bits per heavy atom. The smallest absolute Gasteiger partial charge is 0.0658 e. The second kappa shape index (κ2) is 2.07. The monoisotopic (exact) mass is 113 g/mol. The predicted molar refractivity (Wildman–Crippen MR) is 33.9 cm³/mol. The quantitative estimate of drug-likeness (QED) is 0.509. The fraction of sp³-hybridized carbons (Fsp3) is 0.200. The standard InChI is InChI=1S/C5H7NS/c6-5-3-1-2-4-7-5/h1-3H,4,6H2. The summed E-state index contributed by atoms with van der Waals surface area (Å²) in [5.41, 5.74) is 5.41. The molecule has 2 heteroatoms. The highest BCUT2D eigenvalue weighted by Crippen LogP contribution is 2.12. The molecule has 0 bridgehead atoms. The van der Waals surface area contributed by atoms with Gasteiger partial charge in [-0.3, -0.25) is 0 Å². The molecule has 0 radical (unpaired) electrons. The van der Waals surface area contributed by atoms with Crippen LogP contribution in [-0.4, -0.2) is 5.75 Å². The highest BCUT2D eigenvalue weighted by Gasteiger charge is 1.89. The number of hydrogen-bond acceptors (Lipinski definition) is 2. The van der Waals surface area contributed by atoms with E-state index in [4.69, 9.17) is 5.73 Å². The summed E-state index contributed by atoms with van der Waals surface area (Å²) in [6, 6.07) is 0. The molecular weight excluding hydrogens is 106 g/mol. The van der Waals surface area contributed by atoms with Crippen LogP contribution >= 0.6 is 11.8 Å². The molecule has 1 rings (SSSR count). The van der Waals surface area contributed by atoms with Gasteiger partial charge in [0.1, 0.15) is 0 Å². The maximum absolute atomic E-state index is 5.41. The van der Waals surface area contributed by atoms with Gasteiger partial charge in [-0.2, -0.15) is 0 Å². The van der Waals surface area contributed by atoms with Gasteiger partial charge in [-0.05, 0) is 6.08 Å². The van der Waals surface area contributed by atoms with Crippen LogP contribution in [0.5, 0.6) is 0 Å². The van der Waals surface area contributed by atoms with E-state index in [0.29, 0.717) is 0 Å². The van der Waals surface area contributed by atoms with Crippen molar-refractivity contribution in [3.05, 3.63) is 23.3 Å². The van der Waals surface area contributed by atoms with Crippen molar-refractivity contribution in [1.82, 2.24) is 0 Å². The van der Waals surface area contributed by atoms with Crippen LogP contribution in [0.3, 0.4) is 0 Å². The largest absolute Gasteiger partial charge is 0.394 e. The van der Waals surface area contributed by atoms with E-state index in [1.165, 1.54) is 0 Å². The zero-order chi connectivity index (χ0) is 5.11. The van der Waals surface area contributed by atoms with Gasteiger partial charge in [-0.25, -0.2) is 0 Å². The molecule has 0 saturated heterocycles. The Hall–Kier alpha value is -0.370. The molecule has 1 aliphatic rings. The van der Waals surface area contributed by atoms with E-state index in [9.17, 15) is 0 Å². The molecule has 1 heterocycles. The molecule has 0 aromatic carbocycles. The third kappa shape index (κ3) is 1.27. The van der Waals surface area contributed by atoms with Gasteiger partial charge in [-0.1, -0.05) is 12.2 Å². The van der Waals surface area contributed by atoms with Gasteiger partial charge in [0, 0.05) is 5.75 Å². The van der Waals surface area contributed by atoms with Gasteiger partial charge in [0.05, 0.1) is 5.03 Å². The van der Waals surface area contributed by atoms with Crippen LogP contribution in [0.4, 0.5) is 0 Å². The Labute approximate surface area is 47.3 Å². The van der Waals surface area contributed by atoms with E-state index in [0.717, 1.165) is 10.8 Å². The third-order valence-electron chi connectivity index (χ3n) is 0.743. The predicted octanol–water partition coefficient (Wildman–Crippen LogP) is 1.09. The molecule has 0 aromatic rings. The van der Waals surface area contributed by atoms with Gasteiger partial charge in [0.2, 0.25) is 0 Å². The molecule has 0 unspecified atom stereocenters. The van der Waals surface area contributed by atoms with E-state index in [1.54, 1.807) is 11.8 Å². The highest BCUT2D eigenvalue weighted by molar-refractivity contribution is 8.03. The van der Waals surface area contributed by atoms with Gasteiger partial charge in [0.25, 0.3) is 0 Å². The van der Waals surface area contributed by atoms with Crippen molar-refractivity contribution in [2.24, 2.45) is 5.73 Å². The summed E-state index contributed by atoms with van der Waals surface area (Å²) >= 11 is 1.67. The Bertz CT molecular complexity index is 115. The Balaban J connectivity index is 2.57. The van der Waals surface area contributed by atoms with Gasteiger partial charge in [-0.15, -0.1) is 11.8 Å². The molecule has 0 saturated carbocycles. The summed E-state index contributed by atoms with van der Waals surface area (Å²) in [4.78, 5) is 0. The normalized spacial score (nSPS) is 19.1. The first-order valence-corrected chi connectivity index (χ1v) is 3.13. The summed E-state index contributed by atoms with van der Waals surface area (Å²) in [5.74, 6) is 1.03. The minimum Gasteiger partial charge on any atom is -0.394 e. The molecule has 38 valence electrons. The van der Waals surface area contributed by atoms with Crippen molar-refractivity contribution in [3.63, 3.8) is 0 Å². The number of nitrogens with two attached hydrogens (primary N) is 1. The molecule has 0 aliphatic carbocycles. The lowest BCUT2D eigenvalue weighted by Gasteiger charge is -1.98. The fourth-order valence-electron chi connectivity index (χ4n) is 0.411. The SMILES string of the molecule is NC1=CC=CCS1. The van der Waals surface area contributed by atoms with Crippen LogP contribution in [0.15, 0.2) is 23.3 Å². The fourth-order valence-corrected chi connectivity index (χ4v) is 0.985. The van der Waals surface area contributed by atoms with Crippen LogP contribution in [0.1, 0.15) is 0 Å². The van der Waals surface area contributed by atoms with E-state index < -0.39 is 0 Å². The maximum Gasteiger partial charge on any atom is 0.0658 e. The first kappa shape index (κ1) is 4.78. The van der Waals surface area contributed by atoms with Crippen LogP contribution in [0.25, 0.3) is 0 Å². The topological polar surface area (TPSA) is 26.0 Å². The number of allylic oxidation sites excluding steroid dienone is 2. The van der Waals surface area contributed by atoms with Gasteiger partial charge in [0.15, 0.2) is 0 Å². The molecule has 0 spiro atoms. The molecule has 0 amide bonds. The van der Waals surface area contributed by atoms with Gasteiger partial charge < -0.3 is 5.73 Å². The number of hydrogen-bond donors (Lipinski definition) is 1. The molecule has 1 nitrogen and oxygen atoms in total. The molecule has 0 atom stereocenters. The minimum absolute atomic E-state index is 0.919. The average Bonchev–Trinajstić information content (AvgIpc) is 1.69. The Morgan fingerprint density at radius 3 is 2.86 bits per heavy atom. The van der Waals surface area contributed by atoms with E-state index in [1.807, 2.05) is 12.2 Å². The third-order valence-corrected chi connectivity index (χ3v) is 1.57. The molecule has 0 aromatic heterocycles. The summed E-state index contributed by atoms with van der Waals surface area (Å²) < 4.78 is 0. The van der Waals surface area contributed by atoms with Crippen molar-refractivity contribution in [3.8, 4) is 0 Å². The van der Waals surface area contributed by atoms with Crippen LogP contribution in [0, 0.1) is 0 Å². The molecular formula is C5H7NS. The minimum atomic E-state index is 0.919. The van der Waals surface area contributed by atoms with Crippen molar-refractivity contribution < 1.29 is 0 Å². The zero-order valence-corrected chi connectivity index (χ0v) is 4.74.